The van der Waals surface area contributed by atoms with Gasteiger partial charge in [0, 0.05) is 25.8 Å². The third-order valence-corrected chi connectivity index (χ3v) is 7.02. The largest absolute Gasteiger partial charge is 0.493 e. The number of piperidine rings is 1. The van der Waals surface area contributed by atoms with Crippen molar-refractivity contribution in [3.05, 3.63) is 54.4 Å². The van der Waals surface area contributed by atoms with E-state index in [4.69, 9.17) is 9.26 Å². The Morgan fingerprint density at radius 3 is 2.21 bits per heavy atom. The lowest BCUT2D eigenvalue weighted by Gasteiger charge is -2.30. The highest BCUT2D eigenvalue weighted by Gasteiger charge is 2.23. The molecule has 0 N–H and O–H groups in total. The molecular weight excluding hydrogens is 438 g/mol. The Balaban J connectivity index is 1.26. The topological polar surface area (TPSA) is 85.5 Å². The van der Waals surface area contributed by atoms with E-state index in [1.54, 1.807) is 12.1 Å². The Kier molecular flexibility index (Phi) is 7.02. The quantitative estimate of drug-likeness (QED) is 0.475. The number of rotatable bonds is 8. The SMILES string of the molecule is CC(C)Cc1noc(N2CCC(COc3ccc(-c4ccc(S(C)(=O)=O)cc4)cc3)CC2)n1. The summed E-state index contributed by atoms with van der Waals surface area (Å²) in [5, 5.41) is 4.09. The predicted octanol–water partition coefficient (Wildman–Crippen LogP) is 4.63. The summed E-state index contributed by atoms with van der Waals surface area (Å²) in [6.07, 6.45) is 4.09. The highest BCUT2D eigenvalue weighted by Crippen LogP contribution is 2.26. The number of nitrogens with zero attached hydrogens (tertiary/aromatic N) is 3. The third-order valence-electron chi connectivity index (χ3n) is 5.89. The molecule has 3 aromatic rings. The van der Waals surface area contributed by atoms with Crippen molar-refractivity contribution in [1.82, 2.24) is 10.1 Å². The van der Waals surface area contributed by atoms with Crippen molar-refractivity contribution in [2.45, 2.75) is 38.0 Å². The van der Waals surface area contributed by atoms with Crippen LogP contribution in [0.25, 0.3) is 11.1 Å². The maximum Gasteiger partial charge on any atom is 0.324 e. The van der Waals surface area contributed by atoms with Gasteiger partial charge in [-0.2, -0.15) is 4.98 Å². The fraction of sp³-hybridized carbons (Fsp3) is 0.440. The molecule has 0 saturated carbocycles. The summed E-state index contributed by atoms with van der Waals surface area (Å²) in [5.74, 6) is 2.61. The maximum atomic E-state index is 11.6. The highest BCUT2D eigenvalue weighted by atomic mass is 32.2. The average Bonchev–Trinajstić information content (AvgIpc) is 3.26. The normalized spacial score (nSPS) is 15.2. The van der Waals surface area contributed by atoms with Gasteiger partial charge in [-0.15, -0.1) is 0 Å². The summed E-state index contributed by atoms with van der Waals surface area (Å²) in [4.78, 5) is 7.02. The van der Waals surface area contributed by atoms with Gasteiger partial charge < -0.3 is 14.2 Å². The molecule has 0 amide bonds. The van der Waals surface area contributed by atoms with Crippen LogP contribution < -0.4 is 9.64 Å². The molecule has 2 aromatic carbocycles. The van der Waals surface area contributed by atoms with Crippen LogP contribution in [0.3, 0.4) is 0 Å². The molecule has 8 heteroatoms. The van der Waals surface area contributed by atoms with E-state index >= 15 is 0 Å². The van der Waals surface area contributed by atoms with Gasteiger partial charge in [-0.25, -0.2) is 8.42 Å². The zero-order valence-electron chi connectivity index (χ0n) is 19.4. The first-order valence-electron chi connectivity index (χ1n) is 11.4. The van der Waals surface area contributed by atoms with E-state index in [0.717, 1.165) is 55.1 Å². The summed E-state index contributed by atoms with van der Waals surface area (Å²) in [7, 11) is -3.18. The first kappa shape index (κ1) is 23.3. The van der Waals surface area contributed by atoms with E-state index in [0.29, 0.717) is 29.4 Å². The molecule has 4 rings (SSSR count). The molecule has 0 spiro atoms. The zero-order valence-corrected chi connectivity index (χ0v) is 20.2. The van der Waals surface area contributed by atoms with Gasteiger partial charge in [-0.1, -0.05) is 43.3 Å². The highest BCUT2D eigenvalue weighted by molar-refractivity contribution is 7.90. The Morgan fingerprint density at radius 1 is 1.03 bits per heavy atom. The van der Waals surface area contributed by atoms with Crippen LogP contribution >= 0.6 is 0 Å². The molecular formula is C25H31N3O4S. The van der Waals surface area contributed by atoms with Crippen molar-refractivity contribution in [3.63, 3.8) is 0 Å². The van der Waals surface area contributed by atoms with E-state index in [1.807, 2.05) is 36.4 Å². The third kappa shape index (κ3) is 6.13. The van der Waals surface area contributed by atoms with Crippen LogP contribution in [0.5, 0.6) is 5.75 Å². The minimum atomic E-state index is -3.18. The summed E-state index contributed by atoms with van der Waals surface area (Å²) >= 11 is 0. The van der Waals surface area contributed by atoms with Crippen LogP contribution in [0, 0.1) is 11.8 Å². The van der Waals surface area contributed by atoms with Crippen molar-refractivity contribution >= 4 is 15.9 Å². The van der Waals surface area contributed by atoms with E-state index in [1.165, 1.54) is 6.26 Å². The van der Waals surface area contributed by atoms with Crippen LogP contribution in [-0.4, -0.2) is 44.5 Å². The number of sulfone groups is 1. The van der Waals surface area contributed by atoms with Crippen molar-refractivity contribution in [3.8, 4) is 16.9 Å². The molecule has 7 nitrogen and oxygen atoms in total. The van der Waals surface area contributed by atoms with Gasteiger partial charge in [0.25, 0.3) is 0 Å². The molecule has 2 heterocycles. The Morgan fingerprint density at radius 2 is 1.64 bits per heavy atom. The molecule has 0 radical (unpaired) electrons. The molecule has 1 saturated heterocycles. The van der Waals surface area contributed by atoms with Gasteiger partial charge >= 0.3 is 6.01 Å². The Labute approximate surface area is 195 Å². The smallest absolute Gasteiger partial charge is 0.324 e. The van der Waals surface area contributed by atoms with Crippen molar-refractivity contribution in [2.75, 3.05) is 30.9 Å². The fourth-order valence-corrected chi connectivity index (χ4v) is 4.59. The van der Waals surface area contributed by atoms with Gasteiger partial charge in [0.05, 0.1) is 11.5 Å². The van der Waals surface area contributed by atoms with Gasteiger partial charge in [0.2, 0.25) is 0 Å². The van der Waals surface area contributed by atoms with Crippen molar-refractivity contribution in [2.24, 2.45) is 11.8 Å². The molecule has 0 aliphatic carbocycles. The monoisotopic (exact) mass is 469 g/mol. The van der Waals surface area contributed by atoms with E-state index in [9.17, 15) is 8.42 Å². The summed E-state index contributed by atoms with van der Waals surface area (Å²) in [5.41, 5.74) is 1.99. The molecule has 1 aliphatic rings. The second-order valence-corrected chi connectivity index (χ2v) is 11.2. The summed E-state index contributed by atoms with van der Waals surface area (Å²) in [6, 6.07) is 15.5. The Hall–Kier alpha value is -2.87. The van der Waals surface area contributed by atoms with Crippen LogP contribution in [0.1, 0.15) is 32.5 Å². The second-order valence-electron chi connectivity index (χ2n) is 9.15. The number of aromatic nitrogens is 2. The lowest BCUT2D eigenvalue weighted by Crippen LogP contribution is -2.35. The summed E-state index contributed by atoms with van der Waals surface area (Å²) in [6.45, 7) is 6.75. The van der Waals surface area contributed by atoms with E-state index < -0.39 is 9.84 Å². The molecule has 0 unspecified atom stereocenters. The number of anilines is 1. The van der Waals surface area contributed by atoms with Gasteiger partial charge in [-0.3, -0.25) is 0 Å². The summed E-state index contributed by atoms with van der Waals surface area (Å²) < 4.78 is 34.7. The lowest BCUT2D eigenvalue weighted by atomic mass is 9.98. The van der Waals surface area contributed by atoms with Crippen LogP contribution in [0.2, 0.25) is 0 Å². The first-order valence-corrected chi connectivity index (χ1v) is 13.3. The maximum absolute atomic E-state index is 11.6. The number of benzene rings is 2. The fourth-order valence-electron chi connectivity index (χ4n) is 3.96. The van der Waals surface area contributed by atoms with E-state index in [-0.39, 0.29) is 0 Å². The average molecular weight is 470 g/mol. The van der Waals surface area contributed by atoms with Crippen LogP contribution in [0.15, 0.2) is 57.9 Å². The molecule has 33 heavy (non-hydrogen) atoms. The van der Waals surface area contributed by atoms with Gasteiger partial charge in [0.1, 0.15) is 5.75 Å². The first-order chi connectivity index (χ1) is 15.8. The molecule has 1 aliphatic heterocycles. The lowest BCUT2D eigenvalue weighted by molar-refractivity contribution is 0.220. The number of hydrogen-bond acceptors (Lipinski definition) is 7. The van der Waals surface area contributed by atoms with Gasteiger partial charge in [-0.05, 0) is 60.1 Å². The molecule has 0 bridgehead atoms. The molecule has 1 fully saturated rings. The number of hydrogen-bond donors (Lipinski definition) is 0. The second kappa shape index (κ2) is 9.95. The van der Waals surface area contributed by atoms with Crippen molar-refractivity contribution in [1.29, 1.82) is 0 Å². The predicted molar refractivity (Wildman–Crippen MR) is 128 cm³/mol. The van der Waals surface area contributed by atoms with E-state index in [2.05, 4.69) is 28.9 Å². The van der Waals surface area contributed by atoms with Crippen molar-refractivity contribution < 1.29 is 17.7 Å². The molecule has 176 valence electrons. The standard InChI is InChI=1S/C25H31N3O4S/c1-18(2)16-24-26-25(32-27-24)28-14-12-19(13-15-28)17-31-22-8-4-20(5-9-22)21-6-10-23(11-7-21)33(3,29)30/h4-11,18-19H,12-17H2,1-3H3. The molecule has 1 aromatic heterocycles. The number of ether oxygens (including phenoxy) is 1. The van der Waals surface area contributed by atoms with Crippen LogP contribution in [0.4, 0.5) is 6.01 Å². The minimum absolute atomic E-state index is 0.326. The zero-order chi connectivity index (χ0) is 23.4. The van der Waals surface area contributed by atoms with Gasteiger partial charge in [0.15, 0.2) is 15.7 Å². The van der Waals surface area contributed by atoms with Crippen LogP contribution in [-0.2, 0) is 16.3 Å². The Bertz CT molecular complexity index is 1150. The minimum Gasteiger partial charge on any atom is -0.493 e. The molecule has 0 atom stereocenters.